The Hall–Kier alpha value is -1.59. The molecule has 1 saturated carbocycles. The third-order valence-electron chi connectivity index (χ3n) is 3.02. The molecule has 0 spiro atoms. The first-order valence-corrected chi connectivity index (χ1v) is 5.37. The molecular formula is C12H11F4NO. The van der Waals surface area contributed by atoms with Crippen molar-refractivity contribution in [2.45, 2.75) is 31.1 Å². The van der Waals surface area contributed by atoms with E-state index in [0.29, 0.717) is 5.69 Å². The van der Waals surface area contributed by atoms with E-state index in [1.807, 2.05) is 0 Å². The molecule has 98 valence electrons. The second kappa shape index (κ2) is 3.96. The first kappa shape index (κ1) is 12.9. The molecule has 6 heteroatoms. The number of anilines is 1. The largest absolute Gasteiger partial charge is 0.326 e. The van der Waals surface area contributed by atoms with E-state index < -0.39 is 24.2 Å². The molecule has 0 radical (unpaired) electrons. The summed E-state index contributed by atoms with van der Waals surface area (Å²) in [6.45, 7) is 1.31. The number of carbonyl (C=O) groups excluding carboxylic acids is 1. The minimum atomic E-state index is -4.00. The van der Waals surface area contributed by atoms with E-state index in [1.165, 1.54) is 31.2 Å². The second-order valence-corrected chi connectivity index (χ2v) is 4.39. The van der Waals surface area contributed by atoms with Gasteiger partial charge in [-0.3, -0.25) is 4.79 Å². The highest BCUT2D eigenvalue weighted by atomic mass is 19.3. The Balaban J connectivity index is 2.15. The zero-order valence-electron chi connectivity index (χ0n) is 9.51. The first-order chi connectivity index (χ1) is 8.24. The number of amides is 1. The average molecular weight is 261 g/mol. The van der Waals surface area contributed by atoms with Crippen molar-refractivity contribution < 1.29 is 22.4 Å². The molecule has 1 aromatic carbocycles. The summed E-state index contributed by atoms with van der Waals surface area (Å²) in [7, 11) is 0. The van der Waals surface area contributed by atoms with Gasteiger partial charge in [-0.15, -0.1) is 0 Å². The molecule has 1 fully saturated rings. The van der Waals surface area contributed by atoms with Gasteiger partial charge in [-0.2, -0.15) is 17.6 Å². The lowest BCUT2D eigenvalue weighted by molar-refractivity contribution is -0.290. The van der Waals surface area contributed by atoms with E-state index in [0.717, 1.165) is 0 Å². The maximum absolute atomic E-state index is 13.2. The molecule has 1 unspecified atom stereocenters. The molecule has 0 aliphatic heterocycles. The predicted octanol–water partition coefficient (Wildman–Crippen LogP) is 3.40. The van der Waals surface area contributed by atoms with Gasteiger partial charge in [0.2, 0.25) is 5.91 Å². The Morgan fingerprint density at radius 2 is 1.78 bits per heavy atom. The molecule has 0 saturated heterocycles. The maximum Gasteiger partial charge on any atom is 0.317 e. The minimum absolute atomic E-state index is 0.153. The van der Waals surface area contributed by atoms with Crippen LogP contribution in [0.5, 0.6) is 0 Å². The monoisotopic (exact) mass is 261 g/mol. The third kappa shape index (κ3) is 1.95. The predicted molar refractivity (Wildman–Crippen MR) is 58.0 cm³/mol. The highest BCUT2D eigenvalue weighted by Crippen LogP contribution is 2.59. The van der Waals surface area contributed by atoms with Crippen molar-refractivity contribution in [1.82, 2.24) is 0 Å². The molecular weight excluding hydrogens is 250 g/mol. The lowest BCUT2D eigenvalue weighted by Crippen LogP contribution is -2.56. The molecule has 1 amide bonds. The standard InChI is InChI=1S/C12H11F4NO/c1-7(18)17-9-4-2-8(3-5-9)10-6-11(13,14)12(10,15)16/h2-5,10H,6H2,1H3,(H,17,18). The molecule has 1 aliphatic carbocycles. The third-order valence-corrected chi connectivity index (χ3v) is 3.02. The van der Waals surface area contributed by atoms with Gasteiger partial charge in [0.1, 0.15) is 0 Å². The highest BCUT2D eigenvalue weighted by molar-refractivity contribution is 5.88. The number of halogens is 4. The molecule has 1 aliphatic rings. The Morgan fingerprint density at radius 3 is 2.17 bits per heavy atom. The van der Waals surface area contributed by atoms with E-state index in [4.69, 9.17) is 0 Å². The van der Waals surface area contributed by atoms with Crippen LogP contribution in [-0.2, 0) is 4.79 Å². The van der Waals surface area contributed by atoms with Crippen LogP contribution in [0.4, 0.5) is 23.2 Å². The van der Waals surface area contributed by atoms with Gasteiger partial charge in [0.05, 0.1) is 5.92 Å². The van der Waals surface area contributed by atoms with Gasteiger partial charge in [-0.05, 0) is 17.7 Å². The van der Waals surface area contributed by atoms with E-state index in [1.54, 1.807) is 0 Å². The summed E-state index contributed by atoms with van der Waals surface area (Å²) in [4.78, 5) is 10.8. The van der Waals surface area contributed by atoms with Crippen LogP contribution in [0.1, 0.15) is 24.8 Å². The molecule has 2 nitrogen and oxygen atoms in total. The number of hydrogen-bond acceptors (Lipinski definition) is 1. The topological polar surface area (TPSA) is 29.1 Å². The van der Waals surface area contributed by atoms with E-state index in [-0.39, 0.29) is 11.5 Å². The number of hydrogen-bond donors (Lipinski definition) is 1. The molecule has 0 heterocycles. The van der Waals surface area contributed by atoms with Gasteiger partial charge in [-0.1, -0.05) is 12.1 Å². The van der Waals surface area contributed by atoms with Crippen molar-refractivity contribution in [3.8, 4) is 0 Å². The zero-order chi connectivity index (χ0) is 13.6. The Kier molecular flexibility index (Phi) is 2.83. The smallest absolute Gasteiger partial charge is 0.317 e. The molecule has 2 rings (SSSR count). The fraction of sp³-hybridized carbons (Fsp3) is 0.417. The van der Waals surface area contributed by atoms with Crippen LogP contribution < -0.4 is 5.32 Å². The Bertz CT molecular complexity index is 469. The van der Waals surface area contributed by atoms with Crippen molar-refractivity contribution in [1.29, 1.82) is 0 Å². The van der Waals surface area contributed by atoms with Gasteiger partial charge in [0.15, 0.2) is 0 Å². The molecule has 0 aromatic heterocycles. The van der Waals surface area contributed by atoms with Gasteiger partial charge >= 0.3 is 11.8 Å². The lowest BCUT2D eigenvalue weighted by Gasteiger charge is -2.44. The van der Waals surface area contributed by atoms with Crippen LogP contribution in [0.25, 0.3) is 0 Å². The molecule has 0 bridgehead atoms. The maximum atomic E-state index is 13.2. The van der Waals surface area contributed by atoms with Crippen molar-refractivity contribution in [2.24, 2.45) is 0 Å². The summed E-state index contributed by atoms with van der Waals surface area (Å²) in [5, 5.41) is 2.47. The second-order valence-electron chi connectivity index (χ2n) is 4.39. The SMILES string of the molecule is CC(=O)Nc1ccc(C2CC(F)(F)C2(F)F)cc1. The van der Waals surface area contributed by atoms with Crippen molar-refractivity contribution >= 4 is 11.6 Å². The fourth-order valence-corrected chi connectivity index (χ4v) is 1.97. The zero-order valence-corrected chi connectivity index (χ0v) is 9.51. The van der Waals surface area contributed by atoms with Crippen LogP contribution in [0.2, 0.25) is 0 Å². The summed E-state index contributed by atoms with van der Waals surface area (Å²) in [6.07, 6.45) is -0.848. The lowest BCUT2D eigenvalue weighted by atomic mass is 9.72. The van der Waals surface area contributed by atoms with Crippen molar-refractivity contribution in [3.05, 3.63) is 29.8 Å². The molecule has 1 N–H and O–H groups in total. The summed E-state index contributed by atoms with van der Waals surface area (Å²) < 4.78 is 51.7. The van der Waals surface area contributed by atoms with Gasteiger partial charge in [0, 0.05) is 19.0 Å². The molecule has 1 atom stereocenters. The number of carbonyl (C=O) groups is 1. The summed E-state index contributed by atoms with van der Waals surface area (Å²) in [5.74, 6) is -9.67. The van der Waals surface area contributed by atoms with Crippen molar-refractivity contribution in [3.63, 3.8) is 0 Å². The van der Waals surface area contributed by atoms with Gasteiger partial charge < -0.3 is 5.32 Å². The number of nitrogens with one attached hydrogen (secondary N) is 1. The number of benzene rings is 1. The number of rotatable bonds is 2. The quantitative estimate of drug-likeness (QED) is 0.812. The van der Waals surface area contributed by atoms with Crippen LogP contribution in [-0.4, -0.2) is 17.8 Å². The van der Waals surface area contributed by atoms with E-state index in [2.05, 4.69) is 5.32 Å². The fourth-order valence-electron chi connectivity index (χ4n) is 1.97. The van der Waals surface area contributed by atoms with Crippen molar-refractivity contribution in [2.75, 3.05) is 5.32 Å². The summed E-state index contributed by atoms with van der Waals surface area (Å²) >= 11 is 0. The Labute approximate surface area is 101 Å². The highest BCUT2D eigenvalue weighted by Gasteiger charge is 2.71. The Morgan fingerprint density at radius 1 is 1.22 bits per heavy atom. The molecule has 18 heavy (non-hydrogen) atoms. The minimum Gasteiger partial charge on any atom is -0.326 e. The summed E-state index contributed by atoms with van der Waals surface area (Å²) in [6, 6.07) is 5.50. The van der Waals surface area contributed by atoms with Gasteiger partial charge in [-0.25, -0.2) is 0 Å². The molecule has 1 aromatic rings. The number of alkyl halides is 4. The normalized spacial score (nSPS) is 24.2. The van der Waals surface area contributed by atoms with Crippen LogP contribution >= 0.6 is 0 Å². The van der Waals surface area contributed by atoms with Crippen LogP contribution in [0, 0.1) is 0 Å². The van der Waals surface area contributed by atoms with E-state index in [9.17, 15) is 22.4 Å². The average Bonchev–Trinajstić information content (AvgIpc) is 2.26. The summed E-state index contributed by atoms with van der Waals surface area (Å²) in [5.41, 5.74) is 0.598. The van der Waals surface area contributed by atoms with E-state index >= 15 is 0 Å². The van der Waals surface area contributed by atoms with Crippen LogP contribution in [0.3, 0.4) is 0 Å². The van der Waals surface area contributed by atoms with Crippen LogP contribution in [0.15, 0.2) is 24.3 Å². The van der Waals surface area contributed by atoms with Gasteiger partial charge in [0.25, 0.3) is 0 Å². The first-order valence-electron chi connectivity index (χ1n) is 5.37.